The Labute approximate surface area is 676 Å². The molecule has 598 valence electrons. The zero-order chi connectivity index (χ0) is 77.4. The van der Waals surface area contributed by atoms with E-state index in [1.54, 1.807) is 18.2 Å². The van der Waals surface area contributed by atoms with Crippen molar-refractivity contribution in [1.82, 2.24) is 25.3 Å². The minimum absolute atomic E-state index is 0. The number of amides is 2. The number of carbonyl (C=O) groups is 3. The van der Waals surface area contributed by atoms with Gasteiger partial charge in [-0.3, -0.25) is 14.4 Å². The largest absolute Gasteiger partial charge is 0.490 e. The highest BCUT2D eigenvalue weighted by Crippen LogP contribution is 2.36. The highest BCUT2D eigenvalue weighted by atomic mass is 127. The maximum atomic E-state index is 13.5. The third-order valence-electron chi connectivity index (χ3n) is 23.3. The smallest absolute Gasteiger partial charge is 0.308 e. The van der Waals surface area contributed by atoms with Gasteiger partial charge < -0.3 is 80.4 Å². The standard InChI is InChI=1S/2C30H34FN3O3.C15H14FNO2.C15H22N2O2.HI/c2*31-24-6-2-22-17-25(7-3-21(22)16-24)34-15-12-23(18-34)30(36)32-28(19-33-13-1-14-33)29(35)20-4-8-26(9-5-20)37-27-10-11-27;16-13-3-1-11-8-14(4-2-10(11)7-13)17-6-5-12(9-17)15(18)19;16-14(10-17-8-1-9-17)15(18)11-2-4-12(5-3-11)19-13-6-7-13;/h2*2-9,16-17,23,27-29,35H,1,10-15,18-19H2,(H,32,36);1-4,7-8,12H,5-6,9H2,(H,18,19);2-5,13-15,18H,1,6-10,16H2;1H/t23-,28+,29+;23-,28-,29-;;14-,15-;/m01.1./s1. The molecule has 9 aromatic carbocycles. The monoisotopic (exact) mass is 1660 g/mol. The molecule has 1 unspecified atom stereocenters. The third kappa shape index (κ3) is 21.6. The summed E-state index contributed by atoms with van der Waals surface area (Å²) in [4.78, 5) is 51.0. The molecule has 6 aliphatic heterocycles. The molecule has 0 radical (unpaired) electrons. The van der Waals surface area contributed by atoms with Crippen molar-refractivity contribution in [3.05, 3.63) is 216 Å². The van der Waals surface area contributed by atoms with Crippen molar-refractivity contribution in [2.45, 2.75) is 132 Å². The Bertz CT molecular complexity index is 4510. The minimum atomic E-state index is -0.794. The lowest BCUT2D eigenvalue weighted by Crippen LogP contribution is -2.52. The van der Waals surface area contributed by atoms with E-state index in [1.165, 1.54) is 42.8 Å². The van der Waals surface area contributed by atoms with Gasteiger partial charge in [-0.25, -0.2) is 13.2 Å². The van der Waals surface area contributed by atoms with E-state index < -0.39 is 24.3 Å². The fourth-order valence-electron chi connectivity index (χ4n) is 15.6. The van der Waals surface area contributed by atoms with Crippen molar-refractivity contribution < 1.29 is 62.2 Å². The van der Waals surface area contributed by atoms with Gasteiger partial charge in [0, 0.05) is 82.0 Å². The van der Waals surface area contributed by atoms with Crippen LogP contribution in [0.2, 0.25) is 0 Å². The number of carbonyl (C=O) groups excluding carboxylic acids is 2. The van der Waals surface area contributed by atoms with Crippen LogP contribution in [0.1, 0.15) is 112 Å². The fourth-order valence-corrected chi connectivity index (χ4v) is 15.6. The molecule has 8 N–H and O–H groups in total. The van der Waals surface area contributed by atoms with Crippen molar-refractivity contribution in [3.8, 4) is 17.2 Å². The lowest BCUT2D eigenvalue weighted by Gasteiger charge is -2.36. The number of rotatable bonds is 26. The van der Waals surface area contributed by atoms with Crippen LogP contribution in [0.4, 0.5) is 30.2 Å². The van der Waals surface area contributed by atoms with Crippen LogP contribution in [0.15, 0.2) is 182 Å². The molecule has 23 heteroatoms. The second-order valence-corrected chi connectivity index (χ2v) is 32.0. The number of nitrogens with zero attached hydrogens (tertiary/aromatic N) is 6. The first-order chi connectivity index (χ1) is 54.4. The minimum Gasteiger partial charge on any atom is -0.490 e. The van der Waals surface area contributed by atoms with Gasteiger partial charge in [0.2, 0.25) is 11.8 Å². The first kappa shape index (κ1) is 80.8. The summed E-state index contributed by atoms with van der Waals surface area (Å²) >= 11 is 0. The van der Waals surface area contributed by atoms with Crippen LogP contribution in [-0.2, 0) is 14.4 Å². The summed E-state index contributed by atoms with van der Waals surface area (Å²) in [6, 6.07) is 54.0. The maximum Gasteiger partial charge on any atom is 0.308 e. The normalized spacial score (nSPS) is 21.1. The van der Waals surface area contributed by atoms with Crippen molar-refractivity contribution >= 4 is 91.1 Å². The van der Waals surface area contributed by atoms with Crippen molar-refractivity contribution in [3.63, 3.8) is 0 Å². The summed E-state index contributed by atoms with van der Waals surface area (Å²) < 4.78 is 57.5. The van der Waals surface area contributed by atoms with Crippen LogP contribution in [0.5, 0.6) is 17.2 Å². The van der Waals surface area contributed by atoms with E-state index in [2.05, 4.69) is 52.2 Å². The van der Waals surface area contributed by atoms with E-state index >= 15 is 0 Å². The van der Waals surface area contributed by atoms with Gasteiger partial charge in [0.1, 0.15) is 46.9 Å². The molecule has 2 amide bonds. The first-order valence-corrected chi connectivity index (χ1v) is 40.3. The molecule has 113 heavy (non-hydrogen) atoms. The molecule has 9 atom stereocenters. The van der Waals surface area contributed by atoms with E-state index in [-0.39, 0.29) is 89.1 Å². The van der Waals surface area contributed by atoms with Crippen LogP contribution >= 0.6 is 24.0 Å². The van der Waals surface area contributed by atoms with Gasteiger partial charge in [-0.05, 0) is 275 Å². The summed E-state index contributed by atoms with van der Waals surface area (Å²) in [5.41, 5.74) is 11.6. The number of fused-ring (bicyclic) bond motifs is 3. The molecule has 9 aromatic rings. The van der Waals surface area contributed by atoms with Crippen molar-refractivity contribution in [1.29, 1.82) is 0 Å². The number of aliphatic carboxylic acids is 1. The average Bonchev–Trinajstić information content (AvgIpc) is 1.80. The molecule has 6 heterocycles. The molecule has 19 nitrogen and oxygen atoms in total. The number of carboxylic acid groups (broad SMARTS) is 1. The Hall–Kier alpha value is -8.79. The van der Waals surface area contributed by atoms with E-state index in [4.69, 9.17) is 25.1 Å². The topological polar surface area (TPSA) is 229 Å². The van der Waals surface area contributed by atoms with E-state index in [0.29, 0.717) is 57.5 Å². The quantitative estimate of drug-likeness (QED) is 0.0250. The summed E-state index contributed by atoms with van der Waals surface area (Å²) in [6.07, 6.45) is 11.4. The number of anilines is 3. The third-order valence-corrected chi connectivity index (χ3v) is 23.3. The van der Waals surface area contributed by atoms with Gasteiger partial charge in [0.05, 0.1) is 54.3 Å². The van der Waals surface area contributed by atoms with Crippen LogP contribution in [0.25, 0.3) is 32.3 Å². The lowest BCUT2D eigenvalue weighted by atomic mass is 9.99. The Morgan fingerprint density at radius 3 is 0.973 bits per heavy atom. The van der Waals surface area contributed by atoms with Crippen molar-refractivity contribution in [2.75, 3.05) is 113 Å². The zero-order valence-electron chi connectivity index (χ0n) is 63.9. The Morgan fingerprint density at radius 2 is 0.673 bits per heavy atom. The van der Waals surface area contributed by atoms with Gasteiger partial charge in [-0.2, -0.15) is 0 Å². The second-order valence-electron chi connectivity index (χ2n) is 32.0. The molecule has 0 aromatic heterocycles. The Balaban J connectivity index is 0.000000130. The maximum absolute atomic E-state index is 13.5. The number of ether oxygens (including phenoxy) is 3. The van der Waals surface area contributed by atoms with Crippen LogP contribution in [0.3, 0.4) is 0 Å². The summed E-state index contributed by atoms with van der Waals surface area (Å²) in [5.74, 6) is 0.474. The number of nitrogens with two attached hydrogens (primary N) is 1. The average molecular weight is 1660 g/mol. The predicted molar refractivity (Wildman–Crippen MR) is 446 cm³/mol. The summed E-state index contributed by atoms with van der Waals surface area (Å²) in [6.45, 7) is 12.3. The van der Waals surface area contributed by atoms with Crippen LogP contribution in [0, 0.1) is 35.2 Å². The molecule has 3 saturated carbocycles. The highest BCUT2D eigenvalue weighted by molar-refractivity contribution is 14.0. The first-order valence-electron chi connectivity index (χ1n) is 40.3. The zero-order valence-corrected chi connectivity index (χ0v) is 66.2. The molecule has 0 spiro atoms. The number of halogens is 4. The fraction of sp³-hybridized carbons (Fsp3) is 0.433. The van der Waals surface area contributed by atoms with Gasteiger partial charge in [0.25, 0.3) is 0 Å². The van der Waals surface area contributed by atoms with E-state index in [1.807, 2.05) is 115 Å². The van der Waals surface area contributed by atoms with Crippen LogP contribution < -0.4 is 45.3 Å². The number of hydrogen-bond acceptors (Lipinski definition) is 16. The lowest BCUT2D eigenvalue weighted by molar-refractivity contribution is -0.141. The predicted octanol–water partition coefficient (Wildman–Crippen LogP) is 13.3. The molecule has 6 saturated heterocycles. The number of nitrogens with one attached hydrogen (secondary N) is 2. The number of carboxylic acids is 1. The molecule has 3 aliphatic carbocycles. The number of aliphatic hydroxyl groups excluding tert-OH is 3. The Morgan fingerprint density at radius 1 is 0.381 bits per heavy atom. The molecular weight excluding hydrogens is 1550 g/mol. The number of likely N-dealkylation sites (tertiary alicyclic amines) is 3. The summed E-state index contributed by atoms with van der Waals surface area (Å²) in [7, 11) is 0. The molecule has 0 bridgehead atoms. The number of aliphatic hydroxyl groups is 3. The SMILES string of the molecule is I.N[C@H](CN1CCC1)[C@H](O)c1ccc(OC2CC2)cc1.O=C(N[C@H](CN1CCC1)[C@H](O)c1ccc(OC2CC2)cc1)[C@@H]1CCN(c2ccc3cc(F)ccc3c2)C1.O=C(N[C@H](CN1CCC1)[C@H](O)c1ccc(OC2CC2)cc1)[C@H]1CCN(c2ccc3cc(F)ccc3c2)C1.O=C(O)C1CCN(c2ccc3cc(F)ccc3c2)C1. The molecule has 9 aliphatic rings. The van der Waals surface area contributed by atoms with E-state index in [0.717, 1.165) is 213 Å². The molecule has 9 fully saturated rings. The summed E-state index contributed by atoms with van der Waals surface area (Å²) in [5, 5.41) is 53.7. The molecular formula is C90H105F3IN9O10. The van der Waals surface area contributed by atoms with Crippen LogP contribution in [-0.4, -0.2) is 188 Å². The number of benzene rings is 9. The Kier molecular flexibility index (Phi) is 26.6. The van der Waals surface area contributed by atoms with Crippen molar-refractivity contribution in [2.24, 2.45) is 23.5 Å². The van der Waals surface area contributed by atoms with Gasteiger partial charge in [0.15, 0.2) is 0 Å². The molecule has 18 rings (SSSR count). The number of hydrogen-bond donors (Lipinski definition) is 7. The van der Waals surface area contributed by atoms with E-state index in [9.17, 15) is 42.9 Å². The van der Waals surface area contributed by atoms with Gasteiger partial charge >= 0.3 is 5.97 Å². The van der Waals surface area contributed by atoms with Gasteiger partial charge in [-0.15, -0.1) is 24.0 Å². The van der Waals surface area contributed by atoms with Gasteiger partial charge in [-0.1, -0.05) is 72.8 Å². The highest BCUT2D eigenvalue weighted by Gasteiger charge is 2.37. The second kappa shape index (κ2) is 37.2.